The normalized spacial score (nSPS) is 17.2. The molecular weight excluding hydrogens is 294 g/mol. The molecule has 0 aliphatic carbocycles. The minimum atomic E-state index is -0.937. The molecule has 1 fully saturated rings. The van der Waals surface area contributed by atoms with E-state index in [0.717, 1.165) is 4.88 Å². The van der Waals surface area contributed by atoms with E-state index in [-0.39, 0.29) is 12.5 Å². The molecule has 0 bridgehead atoms. The highest BCUT2D eigenvalue weighted by atomic mass is 32.1. The van der Waals surface area contributed by atoms with Crippen molar-refractivity contribution in [2.75, 3.05) is 26.9 Å². The van der Waals surface area contributed by atoms with Crippen molar-refractivity contribution in [2.45, 2.75) is 19.8 Å². The number of aryl methyl sites for hydroxylation is 1. The van der Waals surface area contributed by atoms with E-state index in [9.17, 15) is 14.7 Å². The third kappa shape index (κ3) is 3.36. The Morgan fingerprint density at radius 2 is 2.14 bits per heavy atom. The Morgan fingerprint density at radius 3 is 2.71 bits per heavy atom. The molecule has 6 nitrogen and oxygen atoms in total. The van der Waals surface area contributed by atoms with Crippen LogP contribution < -0.4 is 10.1 Å². The van der Waals surface area contributed by atoms with Gasteiger partial charge in [-0.1, -0.05) is 0 Å². The fraction of sp³-hybridized carbons (Fsp3) is 0.571. The van der Waals surface area contributed by atoms with Gasteiger partial charge >= 0.3 is 5.97 Å². The first-order chi connectivity index (χ1) is 9.98. The summed E-state index contributed by atoms with van der Waals surface area (Å²) in [5, 5.41) is 12.2. The number of carbonyl (C=O) groups excluding carboxylic acids is 1. The topological polar surface area (TPSA) is 84.9 Å². The van der Waals surface area contributed by atoms with Crippen molar-refractivity contribution >= 4 is 23.2 Å². The molecular formula is C14H19NO5S. The van der Waals surface area contributed by atoms with Crippen LogP contribution in [0.5, 0.6) is 5.75 Å². The highest BCUT2D eigenvalue weighted by Gasteiger charge is 2.40. The molecule has 2 rings (SSSR count). The number of hydrogen-bond donors (Lipinski definition) is 2. The summed E-state index contributed by atoms with van der Waals surface area (Å²) in [5.41, 5.74) is -0.937. The number of aliphatic carboxylic acids is 1. The molecule has 1 aromatic rings. The van der Waals surface area contributed by atoms with Gasteiger partial charge in [-0.3, -0.25) is 9.59 Å². The number of methoxy groups -OCH3 is 1. The van der Waals surface area contributed by atoms with E-state index in [0.29, 0.717) is 36.7 Å². The largest absolute Gasteiger partial charge is 0.495 e. The van der Waals surface area contributed by atoms with Gasteiger partial charge in [0.15, 0.2) is 0 Å². The summed E-state index contributed by atoms with van der Waals surface area (Å²) in [5.74, 6) is -0.663. The molecule has 1 aliphatic rings. The number of carbonyl (C=O) groups is 2. The third-order valence-electron chi connectivity index (χ3n) is 3.74. The highest BCUT2D eigenvalue weighted by molar-refractivity contribution is 7.14. The number of amides is 1. The summed E-state index contributed by atoms with van der Waals surface area (Å²) in [6.45, 7) is 2.80. The van der Waals surface area contributed by atoms with Gasteiger partial charge in [-0.2, -0.15) is 0 Å². The van der Waals surface area contributed by atoms with Crippen molar-refractivity contribution in [3.8, 4) is 5.75 Å². The molecule has 1 aromatic heterocycles. The second-order valence-corrected chi connectivity index (χ2v) is 6.39. The van der Waals surface area contributed by atoms with Gasteiger partial charge in [0.2, 0.25) is 0 Å². The number of rotatable bonds is 5. The van der Waals surface area contributed by atoms with E-state index >= 15 is 0 Å². The first kappa shape index (κ1) is 15.8. The van der Waals surface area contributed by atoms with Crippen molar-refractivity contribution < 1.29 is 24.2 Å². The lowest BCUT2D eigenvalue weighted by molar-refractivity contribution is -0.154. The van der Waals surface area contributed by atoms with Gasteiger partial charge in [0, 0.05) is 24.6 Å². The van der Waals surface area contributed by atoms with Crippen LogP contribution in [0.25, 0.3) is 0 Å². The Kier molecular flexibility index (Phi) is 4.84. The van der Waals surface area contributed by atoms with Crippen LogP contribution in [0.4, 0.5) is 0 Å². The van der Waals surface area contributed by atoms with Crippen LogP contribution in [0.1, 0.15) is 27.4 Å². The Bertz CT molecular complexity index is 533. The van der Waals surface area contributed by atoms with E-state index in [1.54, 1.807) is 6.07 Å². The molecule has 7 heteroatoms. The molecule has 1 amide bonds. The van der Waals surface area contributed by atoms with Crippen LogP contribution in [0.3, 0.4) is 0 Å². The molecule has 2 heterocycles. The summed E-state index contributed by atoms with van der Waals surface area (Å²) in [4.78, 5) is 25.2. The Hall–Kier alpha value is -1.60. The fourth-order valence-corrected chi connectivity index (χ4v) is 3.25. The molecule has 0 unspecified atom stereocenters. The highest BCUT2D eigenvalue weighted by Crippen LogP contribution is 2.31. The van der Waals surface area contributed by atoms with Crippen molar-refractivity contribution in [1.29, 1.82) is 0 Å². The standard InChI is InChI=1S/C14H19NO5S/c1-9-7-10(19-2)11(21-9)12(16)15-8-14(13(17)18)3-5-20-6-4-14/h7H,3-6,8H2,1-2H3,(H,15,16)(H,17,18). The summed E-state index contributed by atoms with van der Waals surface area (Å²) in [6.07, 6.45) is 0.812. The van der Waals surface area contributed by atoms with Crippen LogP contribution in [-0.2, 0) is 9.53 Å². The number of nitrogens with one attached hydrogen (secondary N) is 1. The number of carboxylic acids is 1. The number of thiophene rings is 1. The summed E-state index contributed by atoms with van der Waals surface area (Å²) < 4.78 is 10.4. The van der Waals surface area contributed by atoms with Crippen LogP contribution >= 0.6 is 11.3 Å². The van der Waals surface area contributed by atoms with Crippen molar-refractivity contribution in [1.82, 2.24) is 5.32 Å². The maximum absolute atomic E-state index is 12.2. The quantitative estimate of drug-likeness (QED) is 0.864. The molecule has 0 radical (unpaired) electrons. The zero-order chi connectivity index (χ0) is 15.5. The van der Waals surface area contributed by atoms with Crippen molar-refractivity contribution in [3.63, 3.8) is 0 Å². The van der Waals surface area contributed by atoms with E-state index in [4.69, 9.17) is 9.47 Å². The number of ether oxygens (including phenoxy) is 2. The lowest BCUT2D eigenvalue weighted by atomic mass is 9.80. The Morgan fingerprint density at radius 1 is 1.48 bits per heavy atom. The minimum Gasteiger partial charge on any atom is -0.495 e. The fourth-order valence-electron chi connectivity index (χ4n) is 2.36. The maximum atomic E-state index is 12.2. The second-order valence-electron chi connectivity index (χ2n) is 5.14. The zero-order valence-electron chi connectivity index (χ0n) is 12.1. The summed E-state index contributed by atoms with van der Waals surface area (Å²) >= 11 is 1.33. The smallest absolute Gasteiger partial charge is 0.311 e. The van der Waals surface area contributed by atoms with E-state index in [2.05, 4.69) is 5.32 Å². The molecule has 1 aliphatic heterocycles. The van der Waals surface area contributed by atoms with Crippen molar-refractivity contribution in [3.05, 3.63) is 15.8 Å². The Balaban J connectivity index is 2.06. The summed E-state index contributed by atoms with van der Waals surface area (Å²) in [6, 6.07) is 1.79. The Labute approximate surface area is 127 Å². The van der Waals surface area contributed by atoms with Crippen molar-refractivity contribution in [2.24, 2.45) is 5.41 Å². The van der Waals surface area contributed by atoms with Gasteiger partial charge in [-0.25, -0.2) is 0 Å². The average Bonchev–Trinajstić information content (AvgIpc) is 2.86. The lowest BCUT2D eigenvalue weighted by Gasteiger charge is -2.33. The van der Waals surface area contributed by atoms with E-state index in [1.807, 2.05) is 6.92 Å². The molecule has 1 saturated heterocycles. The predicted molar refractivity (Wildman–Crippen MR) is 78.1 cm³/mol. The van der Waals surface area contributed by atoms with Gasteiger partial charge in [0.05, 0.1) is 12.5 Å². The van der Waals surface area contributed by atoms with E-state index in [1.165, 1.54) is 18.4 Å². The molecule has 116 valence electrons. The van der Waals surface area contributed by atoms with Crippen LogP contribution in [-0.4, -0.2) is 43.9 Å². The first-order valence-electron chi connectivity index (χ1n) is 6.72. The lowest BCUT2D eigenvalue weighted by Crippen LogP contribution is -2.46. The van der Waals surface area contributed by atoms with Crippen LogP contribution in [0.15, 0.2) is 6.07 Å². The minimum absolute atomic E-state index is 0.102. The molecule has 21 heavy (non-hydrogen) atoms. The first-order valence-corrected chi connectivity index (χ1v) is 7.54. The summed E-state index contributed by atoms with van der Waals surface area (Å²) in [7, 11) is 1.51. The van der Waals surface area contributed by atoms with Gasteiger partial charge < -0.3 is 19.9 Å². The molecule has 0 saturated carbocycles. The van der Waals surface area contributed by atoms with Crippen LogP contribution in [0.2, 0.25) is 0 Å². The van der Waals surface area contributed by atoms with Crippen LogP contribution in [0, 0.1) is 12.3 Å². The number of carboxylic acid groups (broad SMARTS) is 1. The number of hydrogen-bond acceptors (Lipinski definition) is 5. The van der Waals surface area contributed by atoms with Gasteiger partial charge in [0.25, 0.3) is 5.91 Å². The second kappa shape index (κ2) is 6.44. The zero-order valence-corrected chi connectivity index (χ0v) is 12.9. The van der Waals surface area contributed by atoms with Gasteiger partial charge in [0.1, 0.15) is 10.6 Å². The predicted octanol–water partition coefficient (Wildman–Crippen LogP) is 1.68. The van der Waals surface area contributed by atoms with Gasteiger partial charge in [-0.15, -0.1) is 11.3 Å². The molecule has 0 aromatic carbocycles. The molecule has 0 atom stereocenters. The van der Waals surface area contributed by atoms with Gasteiger partial charge in [-0.05, 0) is 25.8 Å². The molecule has 0 spiro atoms. The third-order valence-corrected chi connectivity index (χ3v) is 4.77. The molecule has 2 N–H and O–H groups in total. The maximum Gasteiger partial charge on any atom is 0.311 e. The van der Waals surface area contributed by atoms with E-state index < -0.39 is 11.4 Å². The SMILES string of the molecule is COc1cc(C)sc1C(=O)NCC1(C(=O)O)CCOCC1. The average molecular weight is 313 g/mol. The monoisotopic (exact) mass is 313 g/mol.